The van der Waals surface area contributed by atoms with E-state index in [9.17, 15) is 14.9 Å². The highest BCUT2D eigenvalue weighted by Gasteiger charge is 2.26. The second kappa shape index (κ2) is 6.63. The van der Waals surface area contributed by atoms with Crippen LogP contribution in [0.5, 0.6) is 0 Å². The molecule has 0 aliphatic carbocycles. The number of carbonyl (C=O) groups excluding carboxylic acids is 2. The van der Waals surface area contributed by atoms with Gasteiger partial charge < -0.3 is 10.2 Å². The van der Waals surface area contributed by atoms with Crippen LogP contribution >= 0.6 is 22.9 Å². The molecule has 0 fully saturated rings. The lowest BCUT2D eigenvalue weighted by molar-refractivity contribution is -0.129. The molecule has 0 unspecified atom stereocenters. The molecule has 3 rings (SSSR count). The molecule has 24 heavy (non-hydrogen) atoms. The number of nitrogens with zero attached hydrogens (tertiary/aromatic N) is 2. The zero-order valence-corrected chi connectivity index (χ0v) is 14.5. The zero-order chi connectivity index (χ0) is 17.3. The summed E-state index contributed by atoms with van der Waals surface area (Å²) in [5.41, 5.74) is 1.86. The summed E-state index contributed by atoms with van der Waals surface area (Å²) in [6.07, 6.45) is 0.626. The number of carbonyl (C=O) groups is 2. The first-order valence-corrected chi connectivity index (χ1v) is 8.56. The second-order valence-corrected chi connectivity index (χ2v) is 7.02. The van der Waals surface area contributed by atoms with Gasteiger partial charge in [-0.3, -0.25) is 9.59 Å². The Balaban J connectivity index is 1.88. The maximum atomic E-state index is 12.4. The first-order chi connectivity index (χ1) is 11.5. The van der Waals surface area contributed by atoms with Gasteiger partial charge in [-0.25, -0.2) is 0 Å². The van der Waals surface area contributed by atoms with E-state index in [0.29, 0.717) is 40.7 Å². The van der Waals surface area contributed by atoms with E-state index in [1.54, 1.807) is 29.2 Å². The van der Waals surface area contributed by atoms with Crippen LogP contribution in [-0.4, -0.2) is 23.3 Å². The summed E-state index contributed by atoms with van der Waals surface area (Å²) in [4.78, 5) is 26.6. The van der Waals surface area contributed by atoms with Crippen molar-refractivity contribution in [2.75, 3.05) is 11.9 Å². The fraction of sp³-hybridized carbons (Fsp3) is 0.235. The van der Waals surface area contributed by atoms with Crippen molar-refractivity contribution in [2.45, 2.75) is 19.9 Å². The van der Waals surface area contributed by atoms with Gasteiger partial charge in [0.1, 0.15) is 11.1 Å². The minimum atomic E-state index is -0.309. The molecule has 1 aliphatic rings. The monoisotopic (exact) mass is 359 g/mol. The standard InChI is InChI=1S/C17H14ClN3O2S/c1-10(22)21-6-5-13-14(8-19)17(24-15(13)9-21)20-16(23)11-3-2-4-12(18)7-11/h2-4,7H,5-6,9H2,1H3,(H,20,23). The van der Waals surface area contributed by atoms with E-state index in [2.05, 4.69) is 11.4 Å². The quantitative estimate of drug-likeness (QED) is 0.892. The van der Waals surface area contributed by atoms with E-state index < -0.39 is 0 Å². The molecule has 0 saturated heterocycles. The van der Waals surface area contributed by atoms with Crippen molar-refractivity contribution in [1.29, 1.82) is 5.26 Å². The molecule has 2 aromatic rings. The SMILES string of the molecule is CC(=O)N1CCc2c(sc(NC(=O)c3cccc(Cl)c3)c2C#N)C1. The summed E-state index contributed by atoms with van der Waals surface area (Å²) in [6, 6.07) is 8.82. The Morgan fingerprint density at radius 2 is 2.21 bits per heavy atom. The molecular formula is C17H14ClN3O2S. The van der Waals surface area contributed by atoms with Gasteiger partial charge in [0.15, 0.2) is 0 Å². The Morgan fingerprint density at radius 3 is 2.88 bits per heavy atom. The van der Waals surface area contributed by atoms with Crippen LogP contribution < -0.4 is 5.32 Å². The summed E-state index contributed by atoms with van der Waals surface area (Å²) < 4.78 is 0. The third-order valence-electron chi connectivity index (χ3n) is 3.93. The maximum Gasteiger partial charge on any atom is 0.256 e. The molecular weight excluding hydrogens is 346 g/mol. The molecule has 7 heteroatoms. The van der Waals surface area contributed by atoms with Crippen LogP contribution in [-0.2, 0) is 17.8 Å². The van der Waals surface area contributed by atoms with E-state index in [-0.39, 0.29) is 11.8 Å². The van der Waals surface area contributed by atoms with Crippen molar-refractivity contribution in [3.05, 3.63) is 50.9 Å². The number of amides is 2. The molecule has 0 atom stereocenters. The summed E-state index contributed by atoms with van der Waals surface area (Å²) in [5, 5.41) is 13.3. The lowest BCUT2D eigenvalue weighted by Gasteiger charge is -2.25. The Morgan fingerprint density at radius 1 is 1.42 bits per heavy atom. The second-order valence-electron chi connectivity index (χ2n) is 5.47. The number of anilines is 1. The first-order valence-electron chi connectivity index (χ1n) is 7.36. The van der Waals surface area contributed by atoms with Gasteiger partial charge in [-0.1, -0.05) is 17.7 Å². The number of halogens is 1. The first kappa shape index (κ1) is 16.5. The Hall–Kier alpha value is -2.36. The van der Waals surface area contributed by atoms with Gasteiger partial charge in [0.25, 0.3) is 5.91 Å². The van der Waals surface area contributed by atoms with Crippen molar-refractivity contribution >= 4 is 39.8 Å². The summed E-state index contributed by atoms with van der Waals surface area (Å²) in [5.74, 6) is -0.298. The Kier molecular flexibility index (Phi) is 4.56. The summed E-state index contributed by atoms with van der Waals surface area (Å²) >= 11 is 7.27. The van der Waals surface area contributed by atoms with Crippen LogP contribution in [0.15, 0.2) is 24.3 Å². The van der Waals surface area contributed by atoms with Crippen LogP contribution in [0.4, 0.5) is 5.00 Å². The zero-order valence-electron chi connectivity index (χ0n) is 12.9. The minimum absolute atomic E-state index is 0.0112. The minimum Gasteiger partial charge on any atom is -0.337 e. The van der Waals surface area contributed by atoms with Gasteiger partial charge in [-0.15, -0.1) is 11.3 Å². The van der Waals surface area contributed by atoms with Gasteiger partial charge in [-0.2, -0.15) is 5.26 Å². The van der Waals surface area contributed by atoms with Crippen molar-refractivity contribution in [1.82, 2.24) is 4.90 Å². The Labute approximate surface area is 148 Å². The molecule has 1 aliphatic heterocycles. The van der Waals surface area contributed by atoms with Gasteiger partial charge in [0, 0.05) is 28.9 Å². The van der Waals surface area contributed by atoms with Gasteiger partial charge in [-0.05, 0) is 30.2 Å². The van der Waals surface area contributed by atoms with Crippen molar-refractivity contribution in [2.24, 2.45) is 0 Å². The fourth-order valence-corrected chi connectivity index (χ4v) is 4.08. The number of thiophene rings is 1. The van der Waals surface area contributed by atoms with Crippen molar-refractivity contribution < 1.29 is 9.59 Å². The third-order valence-corrected chi connectivity index (χ3v) is 5.30. The van der Waals surface area contributed by atoms with E-state index in [1.807, 2.05) is 0 Å². The lowest BCUT2D eigenvalue weighted by atomic mass is 10.0. The number of rotatable bonds is 2. The normalized spacial score (nSPS) is 13.1. The molecule has 122 valence electrons. The van der Waals surface area contributed by atoms with Crippen LogP contribution in [0.1, 0.15) is 33.3 Å². The number of nitrogens with one attached hydrogen (secondary N) is 1. The number of nitriles is 1. The molecule has 0 spiro atoms. The van der Waals surface area contributed by atoms with Crippen LogP contribution in [0.2, 0.25) is 5.02 Å². The number of benzene rings is 1. The summed E-state index contributed by atoms with van der Waals surface area (Å²) in [7, 11) is 0. The number of hydrogen-bond donors (Lipinski definition) is 1. The van der Waals surface area contributed by atoms with E-state index in [4.69, 9.17) is 11.6 Å². The average molecular weight is 360 g/mol. The highest BCUT2D eigenvalue weighted by atomic mass is 35.5. The molecule has 5 nitrogen and oxygen atoms in total. The van der Waals surface area contributed by atoms with Gasteiger partial charge in [0.05, 0.1) is 12.1 Å². The predicted molar refractivity (Wildman–Crippen MR) is 93.2 cm³/mol. The molecule has 1 aromatic heterocycles. The molecule has 1 aromatic carbocycles. The topological polar surface area (TPSA) is 73.2 Å². The highest BCUT2D eigenvalue weighted by Crippen LogP contribution is 2.36. The van der Waals surface area contributed by atoms with Gasteiger partial charge in [0.2, 0.25) is 5.91 Å². The van der Waals surface area contributed by atoms with E-state index in [0.717, 1.165) is 10.4 Å². The van der Waals surface area contributed by atoms with E-state index >= 15 is 0 Å². The van der Waals surface area contributed by atoms with Crippen molar-refractivity contribution in [3.8, 4) is 6.07 Å². The highest BCUT2D eigenvalue weighted by molar-refractivity contribution is 7.16. The van der Waals surface area contributed by atoms with Crippen LogP contribution in [0, 0.1) is 11.3 Å². The van der Waals surface area contributed by atoms with Crippen LogP contribution in [0.25, 0.3) is 0 Å². The van der Waals surface area contributed by atoms with Crippen LogP contribution in [0.3, 0.4) is 0 Å². The van der Waals surface area contributed by atoms with Crippen molar-refractivity contribution in [3.63, 3.8) is 0 Å². The average Bonchev–Trinajstić information content (AvgIpc) is 2.90. The molecule has 1 N–H and O–H groups in total. The largest absolute Gasteiger partial charge is 0.337 e. The smallest absolute Gasteiger partial charge is 0.256 e. The number of hydrogen-bond acceptors (Lipinski definition) is 4. The molecule has 0 radical (unpaired) electrons. The summed E-state index contributed by atoms with van der Waals surface area (Å²) in [6.45, 7) is 2.61. The molecule has 2 heterocycles. The molecule has 0 bridgehead atoms. The lowest BCUT2D eigenvalue weighted by Crippen LogP contribution is -2.33. The fourth-order valence-electron chi connectivity index (χ4n) is 2.68. The van der Waals surface area contributed by atoms with E-state index in [1.165, 1.54) is 18.3 Å². The third kappa shape index (κ3) is 3.14. The Bertz CT molecular complexity index is 869. The van der Waals surface area contributed by atoms with Gasteiger partial charge >= 0.3 is 0 Å². The molecule has 0 saturated carbocycles. The maximum absolute atomic E-state index is 12.4. The molecule has 2 amide bonds. The predicted octanol–water partition coefficient (Wildman–Crippen LogP) is 3.43. The number of fused-ring (bicyclic) bond motifs is 1.